The second-order valence-corrected chi connectivity index (χ2v) is 9.63. The summed E-state index contributed by atoms with van der Waals surface area (Å²) in [4.78, 5) is 26.9. The van der Waals surface area contributed by atoms with E-state index in [1.807, 2.05) is 69.3 Å². The molecule has 2 amide bonds. The van der Waals surface area contributed by atoms with Gasteiger partial charge in [0.2, 0.25) is 11.8 Å². The van der Waals surface area contributed by atoms with E-state index in [1.165, 1.54) is 0 Å². The number of rotatable bonds is 3. The van der Waals surface area contributed by atoms with Crippen LogP contribution in [-0.4, -0.2) is 28.7 Å². The highest BCUT2D eigenvalue weighted by Crippen LogP contribution is 2.41. The van der Waals surface area contributed by atoms with Gasteiger partial charge < -0.3 is 10.2 Å². The van der Waals surface area contributed by atoms with Gasteiger partial charge in [0.1, 0.15) is 6.54 Å². The number of fused-ring (bicyclic) bond motifs is 1. The first-order chi connectivity index (χ1) is 13.2. The fraction of sp³-hybridized carbons (Fsp3) is 0.364. The van der Waals surface area contributed by atoms with Crippen molar-refractivity contribution in [3.05, 3.63) is 64.7 Å². The Kier molecular flexibility index (Phi) is 6.15. The lowest BCUT2D eigenvalue weighted by molar-refractivity contribution is -0.124. The summed E-state index contributed by atoms with van der Waals surface area (Å²) >= 11 is 9.77. The molecule has 1 N–H and O–H groups in total. The Bertz CT molecular complexity index is 894. The molecule has 0 unspecified atom stereocenters. The molecule has 0 fully saturated rings. The van der Waals surface area contributed by atoms with Gasteiger partial charge in [0, 0.05) is 22.2 Å². The molecule has 0 radical (unpaired) electrons. The van der Waals surface area contributed by atoms with Crippen molar-refractivity contribution in [1.82, 2.24) is 5.32 Å². The fourth-order valence-corrected chi connectivity index (χ4v) is 4.37. The number of benzene rings is 2. The third kappa shape index (κ3) is 4.76. The number of amides is 2. The minimum absolute atomic E-state index is 0.00102. The van der Waals surface area contributed by atoms with Crippen molar-refractivity contribution in [2.45, 2.75) is 43.5 Å². The Hall–Kier alpha value is -1.85. The number of halogens is 2. The van der Waals surface area contributed by atoms with Gasteiger partial charge in [0.15, 0.2) is 0 Å². The molecule has 28 heavy (non-hydrogen) atoms. The first kappa shape index (κ1) is 20.9. The predicted molar refractivity (Wildman–Crippen MR) is 117 cm³/mol. The highest BCUT2D eigenvalue weighted by atomic mass is 79.9. The Balaban J connectivity index is 2.02. The van der Waals surface area contributed by atoms with Crippen LogP contribution in [0.2, 0.25) is 5.02 Å². The van der Waals surface area contributed by atoms with Gasteiger partial charge in [-0.25, -0.2) is 0 Å². The number of nitrogens with zero attached hydrogens (tertiary/aromatic N) is 1. The van der Waals surface area contributed by atoms with Crippen LogP contribution in [0.3, 0.4) is 0 Å². The number of hydrogen-bond donors (Lipinski definition) is 1. The summed E-state index contributed by atoms with van der Waals surface area (Å²) < 4.78 is 0. The molecular formula is C22H24BrClN2O2. The second kappa shape index (κ2) is 8.26. The molecule has 0 saturated carbocycles. The van der Waals surface area contributed by atoms with Gasteiger partial charge >= 0.3 is 0 Å². The van der Waals surface area contributed by atoms with Crippen LogP contribution in [0, 0.1) is 0 Å². The van der Waals surface area contributed by atoms with Crippen LogP contribution in [0.5, 0.6) is 0 Å². The standard InChI is InChI=1S/C22H24BrClN2O2/c1-22(2,3)25-20(27)13-26-19-10-5-4-9-16(19)17(12-18(23)21(26)28)14-7-6-8-15(24)11-14/h4-11,17-18H,12-13H2,1-3H3,(H,25,27)/t17-,18+/m1/s1. The monoisotopic (exact) mass is 462 g/mol. The number of nitrogens with one attached hydrogen (secondary N) is 1. The van der Waals surface area contributed by atoms with Crippen molar-refractivity contribution in [3.8, 4) is 0 Å². The van der Waals surface area contributed by atoms with Crippen LogP contribution in [0.25, 0.3) is 0 Å². The van der Waals surface area contributed by atoms with Gasteiger partial charge in [-0.3, -0.25) is 9.59 Å². The van der Waals surface area contributed by atoms with Gasteiger partial charge in [-0.15, -0.1) is 0 Å². The van der Waals surface area contributed by atoms with Crippen molar-refractivity contribution >= 4 is 45.0 Å². The molecule has 6 heteroatoms. The highest BCUT2D eigenvalue weighted by Gasteiger charge is 2.35. The lowest BCUT2D eigenvalue weighted by Crippen LogP contribution is -2.48. The third-order valence-corrected chi connectivity index (χ3v) is 5.65. The van der Waals surface area contributed by atoms with E-state index in [-0.39, 0.29) is 29.8 Å². The topological polar surface area (TPSA) is 49.4 Å². The van der Waals surface area contributed by atoms with E-state index in [1.54, 1.807) is 4.90 Å². The summed E-state index contributed by atoms with van der Waals surface area (Å²) in [6.07, 6.45) is 0.591. The minimum atomic E-state index is -0.397. The van der Waals surface area contributed by atoms with Crippen molar-refractivity contribution in [2.75, 3.05) is 11.4 Å². The number of carbonyl (C=O) groups is 2. The molecule has 2 atom stereocenters. The van der Waals surface area contributed by atoms with E-state index in [0.29, 0.717) is 11.4 Å². The lowest BCUT2D eigenvalue weighted by Gasteiger charge is -2.27. The Morgan fingerprint density at radius 1 is 1.21 bits per heavy atom. The van der Waals surface area contributed by atoms with E-state index in [9.17, 15) is 9.59 Å². The Morgan fingerprint density at radius 2 is 1.93 bits per heavy atom. The molecule has 4 nitrogen and oxygen atoms in total. The molecule has 2 aromatic carbocycles. The van der Waals surface area contributed by atoms with Gasteiger partial charge in [-0.1, -0.05) is 57.9 Å². The molecule has 2 aromatic rings. The number of carbonyl (C=O) groups excluding carboxylic acids is 2. The normalized spacial score (nSPS) is 19.8. The van der Waals surface area contributed by atoms with Crippen LogP contribution >= 0.6 is 27.5 Å². The van der Waals surface area contributed by atoms with E-state index >= 15 is 0 Å². The highest BCUT2D eigenvalue weighted by molar-refractivity contribution is 9.10. The first-order valence-electron chi connectivity index (χ1n) is 9.26. The molecule has 0 spiro atoms. The van der Waals surface area contributed by atoms with E-state index in [4.69, 9.17) is 11.6 Å². The molecule has 148 valence electrons. The van der Waals surface area contributed by atoms with Gasteiger partial charge in [0.25, 0.3) is 0 Å². The maximum absolute atomic E-state index is 13.1. The molecule has 0 bridgehead atoms. The van der Waals surface area contributed by atoms with Crippen LogP contribution in [0.1, 0.15) is 44.2 Å². The summed E-state index contributed by atoms with van der Waals surface area (Å²) in [7, 11) is 0. The number of alkyl halides is 1. The zero-order valence-corrected chi connectivity index (χ0v) is 18.5. The number of para-hydroxylation sites is 1. The van der Waals surface area contributed by atoms with Crippen LogP contribution in [0.4, 0.5) is 5.69 Å². The zero-order valence-electron chi connectivity index (χ0n) is 16.2. The maximum Gasteiger partial charge on any atom is 0.241 e. The summed E-state index contributed by atoms with van der Waals surface area (Å²) in [5.74, 6) is -0.295. The number of anilines is 1. The molecule has 0 aliphatic carbocycles. The van der Waals surface area contributed by atoms with Gasteiger partial charge in [-0.05, 0) is 56.5 Å². The van der Waals surface area contributed by atoms with E-state index < -0.39 is 4.83 Å². The van der Waals surface area contributed by atoms with Gasteiger partial charge in [0.05, 0.1) is 4.83 Å². The molecule has 1 aliphatic rings. The average Bonchev–Trinajstić information content (AvgIpc) is 2.71. The summed E-state index contributed by atoms with van der Waals surface area (Å²) in [6.45, 7) is 5.75. The molecule has 0 aromatic heterocycles. The number of hydrogen-bond acceptors (Lipinski definition) is 2. The first-order valence-corrected chi connectivity index (χ1v) is 10.6. The van der Waals surface area contributed by atoms with Crippen LogP contribution in [0.15, 0.2) is 48.5 Å². The summed E-state index contributed by atoms with van der Waals surface area (Å²) in [5.41, 5.74) is 2.48. The lowest BCUT2D eigenvalue weighted by atomic mass is 9.87. The average molecular weight is 464 g/mol. The molecule has 1 aliphatic heterocycles. The van der Waals surface area contributed by atoms with Crippen LogP contribution in [-0.2, 0) is 9.59 Å². The van der Waals surface area contributed by atoms with E-state index in [0.717, 1.165) is 16.8 Å². The third-order valence-electron chi connectivity index (χ3n) is 4.65. The minimum Gasteiger partial charge on any atom is -0.350 e. The molecular weight excluding hydrogens is 440 g/mol. The SMILES string of the molecule is CC(C)(C)NC(=O)CN1C(=O)[C@@H](Br)C[C@H](c2cccc(Cl)c2)c2ccccc21. The van der Waals surface area contributed by atoms with Crippen molar-refractivity contribution in [1.29, 1.82) is 0 Å². The van der Waals surface area contributed by atoms with Gasteiger partial charge in [-0.2, -0.15) is 0 Å². The smallest absolute Gasteiger partial charge is 0.241 e. The second-order valence-electron chi connectivity index (χ2n) is 8.09. The molecule has 3 rings (SSSR count). The van der Waals surface area contributed by atoms with Crippen LogP contribution < -0.4 is 10.2 Å². The molecule has 0 saturated heterocycles. The predicted octanol–water partition coefficient (Wildman–Crippen LogP) is 4.89. The Labute approximate surface area is 179 Å². The van der Waals surface area contributed by atoms with Crippen molar-refractivity contribution < 1.29 is 9.59 Å². The fourth-order valence-electron chi connectivity index (χ4n) is 3.55. The Morgan fingerprint density at radius 3 is 2.61 bits per heavy atom. The maximum atomic E-state index is 13.1. The zero-order chi connectivity index (χ0) is 20.5. The largest absolute Gasteiger partial charge is 0.350 e. The molecule has 1 heterocycles. The quantitative estimate of drug-likeness (QED) is 0.659. The van der Waals surface area contributed by atoms with Crippen molar-refractivity contribution in [3.63, 3.8) is 0 Å². The summed E-state index contributed by atoms with van der Waals surface area (Å²) in [6, 6.07) is 15.5. The van der Waals surface area contributed by atoms with E-state index in [2.05, 4.69) is 21.2 Å². The summed E-state index contributed by atoms with van der Waals surface area (Å²) in [5, 5.41) is 3.60. The van der Waals surface area contributed by atoms with Crippen molar-refractivity contribution in [2.24, 2.45) is 0 Å².